The van der Waals surface area contributed by atoms with Gasteiger partial charge in [-0.1, -0.05) is 109 Å². The molecule has 0 fully saturated rings. The summed E-state index contributed by atoms with van der Waals surface area (Å²) in [6.07, 6.45) is 0.184. The van der Waals surface area contributed by atoms with Crippen LogP contribution in [0.5, 0.6) is 0 Å². The summed E-state index contributed by atoms with van der Waals surface area (Å²) in [5, 5.41) is 3.99. The minimum absolute atomic E-state index is 0.00804. The highest BCUT2D eigenvalue weighted by atomic mass is 35.5. The first kappa shape index (κ1) is 35.3. The fourth-order valence-electron chi connectivity index (χ4n) is 4.81. The Kier molecular flexibility index (Phi) is 12.1. The van der Waals surface area contributed by atoms with Gasteiger partial charge in [-0.15, -0.1) is 0 Å². The third kappa shape index (κ3) is 9.26. The first-order valence-electron chi connectivity index (χ1n) is 14.7. The van der Waals surface area contributed by atoms with Crippen LogP contribution in [0, 0.1) is 12.8 Å². The van der Waals surface area contributed by atoms with Crippen molar-refractivity contribution in [3.63, 3.8) is 0 Å². The predicted molar refractivity (Wildman–Crippen MR) is 186 cm³/mol. The lowest BCUT2D eigenvalue weighted by Crippen LogP contribution is -2.53. The molecule has 242 valence electrons. The smallest absolute Gasteiger partial charge is 0.264 e. The average molecular weight is 701 g/mol. The average Bonchev–Trinajstić information content (AvgIpc) is 3.01. The topological polar surface area (TPSA) is 86.8 Å². The summed E-state index contributed by atoms with van der Waals surface area (Å²) in [5.74, 6) is -0.817. The second-order valence-electron chi connectivity index (χ2n) is 11.4. The summed E-state index contributed by atoms with van der Waals surface area (Å²) >= 11 is 19.0. The van der Waals surface area contributed by atoms with Gasteiger partial charge in [-0.25, -0.2) is 8.42 Å². The normalized spacial score (nSPS) is 12.1. The van der Waals surface area contributed by atoms with E-state index in [0.29, 0.717) is 27.2 Å². The number of benzene rings is 4. The molecule has 0 aliphatic rings. The second-order valence-corrected chi connectivity index (χ2v) is 14.5. The van der Waals surface area contributed by atoms with Gasteiger partial charge in [0.1, 0.15) is 12.6 Å². The SMILES string of the molecule is Cc1ccc(S(=O)(=O)N(CC(=O)N(Cc2ccc(Cl)cc2Cl)[C@@H](Cc2ccccc2)C(=O)NCC(C)C)c2cccc(Cl)c2)cc1. The third-order valence-corrected chi connectivity index (χ3v) is 9.91. The number of rotatable bonds is 13. The van der Waals surface area contributed by atoms with Crippen LogP contribution < -0.4 is 9.62 Å². The maximum absolute atomic E-state index is 14.5. The van der Waals surface area contributed by atoms with Gasteiger partial charge < -0.3 is 10.2 Å². The Balaban J connectivity index is 1.82. The molecule has 0 heterocycles. The van der Waals surface area contributed by atoms with Gasteiger partial charge in [0.25, 0.3) is 10.0 Å². The van der Waals surface area contributed by atoms with Gasteiger partial charge in [0.2, 0.25) is 11.8 Å². The Bertz CT molecular complexity index is 1770. The highest BCUT2D eigenvalue weighted by Crippen LogP contribution is 2.28. The van der Waals surface area contributed by atoms with Gasteiger partial charge in [-0.3, -0.25) is 13.9 Å². The van der Waals surface area contributed by atoms with E-state index in [0.717, 1.165) is 15.4 Å². The molecule has 46 heavy (non-hydrogen) atoms. The van der Waals surface area contributed by atoms with Crippen molar-refractivity contribution >= 4 is 62.3 Å². The van der Waals surface area contributed by atoms with E-state index in [2.05, 4.69) is 5.32 Å². The van der Waals surface area contributed by atoms with Crippen molar-refractivity contribution in [2.75, 3.05) is 17.4 Å². The van der Waals surface area contributed by atoms with E-state index in [1.54, 1.807) is 48.5 Å². The zero-order valence-electron chi connectivity index (χ0n) is 25.8. The van der Waals surface area contributed by atoms with Gasteiger partial charge in [0.05, 0.1) is 10.6 Å². The molecule has 0 saturated carbocycles. The largest absolute Gasteiger partial charge is 0.354 e. The summed E-state index contributed by atoms with van der Waals surface area (Å²) in [6.45, 7) is 5.51. The van der Waals surface area contributed by atoms with Crippen LogP contribution in [0.4, 0.5) is 5.69 Å². The molecule has 11 heteroatoms. The fourth-order valence-corrected chi connectivity index (χ4v) is 6.87. The van der Waals surface area contributed by atoms with Crippen LogP contribution in [0.3, 0.4) is 0 Å². The molecule has 4 rings (SSSR count). The lowest BCUT2D eigenvalue weighted by Gasteiger charge is -2.34. The number of carbonyl (C=O) groups is 2. The number of nitrogens with zero attached hydrogens (tertiary/aromatic N) is 2. The molecule has 4 aromatic carbocycles. The van der Waals surface area contributed by atoms with E-state index < -0.39 is 28.5 Å². The fraction of sp³-hybridized carbons (Fsp3) is 0.257. The molecule has 0 bridgehead atoms. The number of nitrogens with one attached hydrogen (secondary N) is 1. The van der Waals surface area contributed by atoms with Crippen LogP contribution in [0.1, 0.15) is 30.5 Å². The maximum atomic E-state index is 14.5. The van der Waals surface area contributed by atoms with Crippen LogP contribution >= 0.6 is 34.8 Å². The lowest BCUT2D eigenvalue weighted by atomic mass is 10.0. The summed E-state index contributed by atoms with van der Waals surface area (Å²) in [6, 6.07) is 25.9. The lowest BCUT2D eigenvalue weighted by molar-refractivity contribution is -0.140. The van der Waals surface area contributed by atoms with Gasteiger partial charge in [0.15, 0.2) is 0 Å². The van der Waals surface area contributed by atoms with Crippen molar-refractivity contribution in [2.45, 2.75) is 44.7 Å². The maximum Gasteiger partial charge on any atom is 0.264 e. The van der Waals surface area contributed by atoms with Crippen LogP contribution in [-0.2, 0) is 32.6 Å². The number of aryl methyl sites for hydroxylation is 1. The monoisotopic (exact) mass is 699 g/mol. The molecule has 4 aromatic rings. The zero-order valence-corrected chi connectivity index (χ0v) is 28.9. The standard InChI is InChI=1S/C35H36Cl3N3O4S/c1-24(2)21-39-35(43)33(18-26-8-5-4-6-9-26)40(22-27-14-15-29(37)20-32(27)38)34(42)23-41(30-11-7-10-28(36)19-30)46(44,45)31-16-12-25(3)13-17-31/h4-17,19-20,24,33H,18,21-23H2,1-3H3,(H,39,43)/t33-/m0/s1. The minimum atomic E-state index is -4.25. The molecule has 2 amide bonds. The van der Waals surface area contributed by atoms with Gasteiger partial charge >= 0.3 is 0 Å². The van der Waals surface area contributed by atoms with Gasteiger partial charge in [-0.05, 0) is 66.4 Å². The molecule has 0 unspecified atom stereocenters. The molecule has 0 aromatic heterocycles. The Morgan fingerprint density at radius 2 is 1.50 bits per heavy atom. The van der Waals surface area contributed by atoms with Crippen LogP contribution in [0.25, 0.3) is 0 Å². The summed E-state index contributed by atoms with van der Waals surface area (Å²) in [5.41, 5.74) is 2.46. The second kappa shape index (κ2) is 15.8. The van der Waals surface area contributed by atoms with E-state index in [4.69, 9.17) is 34.8 Å². The molecule has 0 saturated heterocycles. The van der Waals surface area contributed by atoms with E-state index >= 15 is 0 Å². The molecule has 0 spiro atoms. The Morgan fingerprint density at radius 3 is 2.13 bits per heavy atom. The summed E-state index contributed by atoms with van der Waals surface area (Å²) < 4.78 is 29.3. The third-order valence-electron chi connectivity index (χ3n) is 7.30. The first-order chi connectivity index (χ1) is 21.8. The van der Waals surface area contributed by atoms with Gasteiger partial charge in [0, 0.05) is 34.6 Å². The van der Waals surface area contributed by atoms with E-state index in [-0.39, 0.29) is 35.4 Å². The Morgan fingerprint density at radius 1 is 0.826 bits per heavy atom. The molecular weight excluding hydrogens is 665 g/mol. The molecule has 1 atom stereocenters. The molecule has 0 radical (unpaired) electrons. The highest BCUT2D eigenvalue weighted by Gasteiger charge is 2.35. The molecule has 0 aliphatic heterocycles. The Hall–Kier alpha value is -3.56. The quantitative estimate of drug-likeness (QED) is 0.156. The summed E-state index contributed by atoms with van der Waals surface area (Å²) in [4.78, 5) is 29.8. The van der Waals surface area contributed by atoms with Crippen LogP contribution in [-0.4, -0.2) is 44.3 Å². The van der Waals surface area contributed by atoms with E-state index in [9.17, 15) is 18.0 Å². The van der Waals surface area contributed by atoms with Gasteiger partial charge in [-0.2, -0.15) is 0 Å². The highest BCUT2D eigenvalue weighted by molar-refractivity contribution is 7.92. The number of carbonyl (C=O) groups excluding carboxylic acids is 2. The molecule has 7 nitrogen and oxygen atoms in total. The number of halogens is 3. The van der Waals surface area contributed by atoms with Crippen LogP contribution in [0.2, 0.25) is 15.1 Å². The first-order valence-corrected chi connectivity index (χ1v) is 17.3. The Labute approximate surface area is 286 Å². The molecule has 0 aliphatic carbocycles. The number of anilines is 1. The van der Waals surface area contributed by atoms with Crippen molar-refractivity contribution in [1.29, 1.82) is 0 Å². The minimum Gasteiger partial charge on any atom is -0.354 e. The number of hydrogen-bond acceptors (Lipinski definition) is 4. The van der Waals surface area contributed by atoms with Crippen molar-refractivity contribution < 1.29 is 18.0 Å². The van der Waals surface area contributed by atoms with Crippen molar-refractivity contribution in [3.8, 4) is 0 Å². The number of sulfonamides is 1. The predicted octanol–water partition coefficient (Wildman–Crippen LogP) is 7.56. The number of amides is 2. The van der Waals surface area contributed by atoms with Crippen molar-refractivity contribution in [3.05, 3.63) is 129 Å². The van der Waals surface area contributed by atoms with Crippen LogP contribution in [0.15, 0.2) is 102 Å². The number of hydrogen-bond donors (Lipinski definition) is 1. The summed E-state index contributed by atoms with van der Waals surface area (Å²) in [7, 11) is -4.25. The van der Waals surface area contributed by atoms with E-state index in [1.165, 1.54) is 23.1 Å². The van der Waals surface area contributed by atoms with E-state index in [1.807, 2.05) is 51.1 Å². The zero-order chi connectivity index (χ0) is 33.4. The van der Waals surface area contributed by atoms with Crippen molar-refractivity contribution in [1.82, 2.24) is 10.2 Å². The van der Waals surface area contributed by atoms with Crippen molar-refractivity contribution in [2.24, 2.45) is 5.92 Å². The molecular formula is C35H36Cl3N3O4S. The molecule has 1 N–H and O–H groups in total.